The molecule has 5 nitrogen and oxygen atoms in total. The van der Waals surface area contributed by atoms with Crippen molar-refractivity contribution >= 4 is 23.3 Å². The van der Waals surface area contributed by atoms with E-state index in [1.807, 2.05) is 31.2 Å². The Morgan fingerprint density at radius 1 is 1.42 bits per heavy atom. The summed E-state index contributed by atoms with van der Waals surface area (Å²) in [5.74, 6) is 0.872. The molecule has 1 aliphatic rings. The zero-order chi connectivity index (χ0) is 16.9. The smallest absolute Gasteiger partial charge is 0.225 e. The second kappa shape index (κ2) is 7.62. The maximum atomic E-state index is 12.6. The number of benzene rings is 1. The van der Waals surface area contributed by atoms with Crippen molar-refractivity contribution in [3.05, 3.63) is 53.4 Å². The van der Waals surface area contributed by atoms with Crippen LogP contribution in [-0.2, 0) is 4.79 Å². The number of anilines is 1. The van der Waals surface area contributed by atoms with E-state index in [1.165, 1.54) is 0 Å². The van der Waals surface area contributed by atoms with Crippen LogP contribution in [0.2, 0.25) is 5.02 Å². The lowest BCUT2D eigenvalue weighted by atomic mass is 9.96. The van der Waals surface area contributed by atoms with Gasteiger partial charge < -0.3 is 10.2 Å². The maximum Gasteiger partial charge on any atom is 0.225 e. The fourth-order valence-electron chi connectivity index (χ4n) is 3.04. The quantitative estimate of drug-likeness (QED) is 0.925. The number of aromatic nitrogens is 2. The highest BCUT2D eigenvalue weighted by molar-refractivity contribution is 6.30. The number of carbonyl (C=O) groups is 1. The fourth-order valence-corrected chi connectivity index (χ4v) is 3.24. The minimum absolute atomic E-state index is 0.0395. The van der Waals surface area contributed by atoms with E-state index in [4.69, 9.17) is 11.6 Å². The third-order valence-corrected chi connectivity index (χ3v) is 4.61. The standard InChI is InChI=1S/C18H21ClN4O/c1-13(14-4-2-6-16(19)10-14)22-18(24)15-5-3-9-23(12-15)17-11-20-7-8-21-17/h2,4,6-8,10-11,13,15H,3,5,9,12H2,1H3,(H,22,24). The molecule has 2 heterocycles. The van der Waals surface area contributed by atoms with Gasteiger partial charge in [-0.2, -0.15) is 0 Å². The SMILES string of the molecule is CC(NC(=O)C1CCCN(c2cnccn2)C1)c1cccc(Cl)c1. The Bertz CT molecular complexity index is 694. The number of hydrogen-bond acceptors (Lipinski definition) is 4. The summed E-state index contributed by atoms with van der Waals surface area (Å²) in [6, 6.07) is 7.53. The van der Waals surface area contributed by atoms with E-state index in [2.05, 4.69) is 20.2 Å². The second-order valence-corrected chi connectivity index (χ2v) is 6.57. The van der Waals surface area contributed by atoms with Crippen LogP contribution in [0.15, 0.2) is 42.9 Å². The van der Waals surface area contributed by atoms with Crippen molar-refractivity contribution in [1.29, 1.82) is 0 Å². The summed E-state index contributed by atoms with van der Waals surface area (Å²) in [6.45, 7) is 3.56. The van der Waals surface area contributed by atoms with Gasteiger partial charge in [-0.3, -0.25) is 9.78 Å². The number of nitrogens with one attached hydrogen (secondary N) is 1. The molecule has 0 bridgehead atoms. The molecule has 0 spiro atoms. The predicted molar refractivity (Wildman–Crippen MR) is 95.0 cm³/mol. The van der Waals surface area contributed by atoms with Gasteiger partial charge in [0.2, 0.25) is 5.91 Å². The third kappa shape index (κ3) is 4.03. The molecule has 1 aromatic heterocycles. The summed E-state index contributed by atoms with van der Waals surface area (Å²) >= 11 is 6.03. The molecule has 126 valence electrons. The number of hydrogen-bond donors (Lipinski definition) is 1. The van der Waals surface area contributed by atoms with E-state index < -0.39 is 0 Å². The van der Waals surface area contributed by atoms with E-state index in [0.717, 1.165) is 30.8 Å². The van der Waals surface area contributed by atoms with Crippen LogP contribution in [-0.4, -0.2) is 29.0 Å². The highest BCUT2D eigenvalue weighted by Crippen LogP contribution is 2.23. The summed E-state index contributed by atoms with van der Waals surface area (Å²) in [5.41, 5.74) is 1.01. The van der Waals surface area contributed by atoms with Crippen LogP contribution >= 0.6 is 11.6 Å². The van der Waals surface area contributed by atoms with Crippen LogP contribution in [0, 0.1) is 5.92 Å². The van der Waals surface area contributed by atoms with E-state index in [9.17, 15) is 4.79 Å². The molecular weight excluding hydrogens is 324 g/mol. The summed E-state index contributed by atoms with van der Waals surface area (Å²) in [6.07, 6.45) is 6.95. The number of piperidine rings is 1. The highest BCUT2D eigenvalue weighted by Gasteiger charge is 2.27. The Kier molecular flexibility index (Phi) is 5.30. The van der Waals surface area contributed by atoms with E-state index >= 15 is 0 Å². The number of nitrogens with zero attached hydrogens (tertiary/aromatic N) is 3. The molecule has 0 aliphatic carbocycles. The van der Waals surface area contributed by atoms with Crippen LogP contribution < -0.4 is 10.2 Å². The maximum absolute atomic E-state index is 12.6. The van der Waals surface area contributed by atoms with Gasteiger partial charge in [-0.25, -0.2) is 4.98 Å². The molecule has 24 heavy (non-hydrogen) atoms. The van der Waals surface area contributed by atoms with Gasteiger partial charge in [-0.1, -0.05) is 23.7 Å². The first-order valence-electron chi connectivity index (χ1n) is 8.20. The highest BCUT2D eigenvalue weighted by atomic mass is 35.5. The Morgan fingerprint density at radius 2 is 2.29 bits per heavy atom. The summed E-state index contributed by atoms with van der Waals surface area (Å²) in [5, 5.41) is 3.79. The molecule has 2 unspecified atom stereocenters. The molecule has 1 aliphatic heterocycles. The number of rotatable bonds is 4. The summed E-state index contributed by atoms with van der Waals surface area (Å²) in [4.78, 5) is 23.2. The lowest BCUT2D eigenvalue weighted by molar-refractivity contribution is -0.125. The molecule has 6 heteroatoms. The predicted octanol–water partition coefficient (Wildman–Crippen LogP) is 3.22. The Hall–Kier alpha value is -2.14. The van der Waals surface area contributed by atoms with Crippen molar-refractivity contribution in [3.8, 4) is 0 Å². The largest absolute Gasteiger partial charge is 0.355 e. The van der Waals surface area contributed by atoms with E-state index in [1.54, 1.807) is 18.6 Å². The monoisotopic (exact) mass is 344 g/mol. The molecule has 1 amide bonds. The van der Waals surface area contributed by atoms with Crippen molar-refractivity contribution < 1.29 is 4.79 Å². The zero-order valence-corrected chi connectivity index (χ0v) is 14.4. The topological polar surface area (TPSA) is 58.1 Å². The van der Waals surface area contributed by atoms with Crippen molar-refractivity contribution in [1.82, 2.24) is 15.3 Å². The van der Waals surface area contributed by atoms with Crippen LogP contribution in [0.3, 0.4) is 0 Å². The lowest BCUT2D eigenvalue weighted by Crippen LogP contribution is -2.44. The van der Waals surface area contributed by atoms with Crippen LogP contribution in [0.5, 0.6) is 0 Å². The van der Waals surface area contributed by atoms with Crippen molar-refractivity contribution in [3.63, 3.8) is 0 Å². The number of halogens is 1. The molecule has 2 atom stereocenters. The van der Waals surface area contributed by atoms with E-state index in [0.29, 0.717) is 11.6 Å². The van der Waals surface area contributed by atoms with Gasteiger partial charge in [-0.05, 0) is 37.5 Å². The van der Waals surface area contributed by atoms with Gasteiger partial charge in [0, 0.05) is 30.5 Å². The molecule has 1 N–H and O–H groups in total. The molecule has 0 saturated carbocycles. The van der Waals surface area contributed by atoms with Gasteiger partial charge in [-0.15, -0.1) is 0 Å². The van der Waals surface area contributed by atoms with Crippen molar-refractivity contribution in [2.24, 2.45) is 5.92 Å². The van der Waals surface area contributed by atoms with Crippen molar-refractivity contribution in [2.75, 3.05) is 18.0 Å². The normalized spacial score (nSPS) is 18.9. The second-order valence-electron chi connectivity index (χ2n) is 6.13. The fraction of sp³-hybridized carbons (Fsp3) is 0.389. The molecule has 1 fully saturated rings. The summed E-state index contributed by atoms with van der Waals surface area (Å²) < 4.78 is 0. The van der Waals surface area contributed by atoms with Crippen molar-refractivity contribution in [2.45, 2.75) is 25.8 Å². The average Bonchev–Trinajstić information content (AvgIpc) is 2.62. The van der Waals surface area contributed by atoms with Crippen LogP contribution in [0.4, 0.5) is 5.82 Å². The molecule has 2 aromatic rings. The first kappa shape index (κ1) is 16.7. The van der Waals surface area contributed by atoms with Crippen LogP contribution in [0.1, 0.15) is 31.4 Å². The molecule has 1 saturated heterocycles. The first-order chi connectivity index (χ1) is 11.6. The minimum Gasteiger partial charge on any atom is -0.355 e. The van der Waals surface area contributed by atoms with Gasteiger partial charge >= 0.3 is 0 Å². The number of amides is 1. The van der Waals surface area contributed by atoms with E-state index in [-0.39, 0.29) is 17.9 Å². The van der Waals surface area contributed by atoms with Gasteiger partial charge in [0.25, 0.3) is 0 Å². The zero-order valence-electron chi connectivity index (χ0n) is 13.7. The molecule has 1 aromatic carbocycles. The minimum atomic E-state index is -0.0666. The Balaban J connectivity index is 1.62. The lowest BCUT2D eigenvalue weighted by Gasteiger charge is -2.33. The van der Waals surface area contributed by atoms with Gasteiger partial charge in [0.15, 0.2) is 0 Å². The molecule has 3 rings (SSSR count). The Labute approximate surface area is 147 Å². The molecule has 0 radical (unpaired) electrons. The van der Waals surface area contributed by atoms with Gasteiger partial charge in [0.1, 0.15) is 5.82 Å². The van der Waals surface area contributed by atoms with Gasteiger partial charge in [0.05, 0.1) is 18.2 Å². The molecular formula is C18H21ClN4O. The number of carbonyl (C=O) groups excluding carboxylic acids is 1. The Morgan fingerprint density at radius 3 is 3.04 bits per heavy atom. The van der Waals surface area contributed by atoms with Crippen LogP contribution in [0.25, 0.3) is 0 Å². The summed E-state index contributed by atoms with van der Waals surface area (Å²) in [7, 11) is 0. The third-order valence-electron chi connectivity index (χ3n) is 4.37. The average molecular weight is 345 g/mol. The first-order valence-corrected chi connectivity index (χ1v) is 8.58.